The van der Waals surface area contributed by atoms with E-state index < -0.39 is 5.60 Å². The standard InChI is InChI=1S/C14H19ClN2O2/c1-14(19)5-2-7-17(8-6-14)13(18)11-9-10(16)3-4-12(11)15/h3-4,9,19H,2,5-8,16H2,1H3. The van der Waals surface area contributed by atoms with Crippen LogP contribution in [0.2, 0.25) is 5.02 Å². The Bertz CT molecular complexity index is 488. The fraction of sp³-hybridized carbons (Fsp3) is 0.500. The summed E-state index contributed by atoms with van der Waals surface area (Å²) in [5.41, 5.74) is 5.97. The second kappa shape index (κ2) is 5.39. The van der Waals surface area contributed by atoms with E-state index in [2.05, 4.69) is 0 Å². The van der Waals surface area contributed by atoms with Gasteiger partial charge in [0.2, 0.25) is 0 Å². The van der Waals surface area contributed by atoms with Crippen LogP contribution in [-0.2, 0) is 0 Å². The van der Waals surface area contributed by atoms with E-state index in [-0.39, 0.29) is 5.91 Å². The molecule has 1 heterocycles. The van der Waals surface area contributed by atoms with E-state index in [4.69, 9.17) is 17.3 Å². The lowest BCUT2D eigenvalue weighted by Crippen LogP contribution is -2.33. The molecular formula is C14H19ClN2O2. The van der Waals surface area contributed by atoms with Crippen molar-refractivity contribution in [2.75, 3.05) is 18.8 Å². The summed E-state index contributed by atoms with van der Waals surface area (Å²) in [6.45, 7) is 2.99. The number of benzene rings is 1. The molecule has 0 saturated carbocycles. The summed E-state index contributed by atoms with van der Waals surface area (Å²) in [7, 11) is 0. The molecule has 2 rings (SSSR count). The molecule has 1 unspecified atom stereocenters. The van der Waals surface area contributed by atoms with Crippen LogP contribution in [0.1, 0.15) is 36.5 Å². The Morgan fingerprint density at radius 1 is 1.42 bits per heavy atom. The van der Waals surface area contributed by atoms with Crippen molar-refractivity contribution in [1.29, 1.82) is 0 Å². The minimum absolute atomic E-state index is 0.116. The molecule has 0 aliphatic carbocycles. The molecule has 3 N–H and O–H groups in total. The average molecular weight is 283 g/mol. The molecule has 0 spiro atoms. The van der Waals surface area contributed by atoms with Gasteiger partial charge in [-0.2, -0.15) is 0 Å². The van der Waals surface area contributed by atoms with Gasteiger partial charge in [0.15, 0.2) is 0 Å². The zero-order chi connectivity index (χ0) is 14.0. The summed E-state index contributed by atoms with van der Waals surface area (Å²) in [4.78, 5) is 14.2. The second-order valence-electron chi connectivity index (χ2n) is 5.38. The Balaban J connectivity index is 2.17. The summed E-state index contributed by atoms with van der Waals surface area (Å²) in [6.07, 6.45) is 2.08. The highest BCUT2D eigenvalue weighted by Gasteiger charge is 2.28. The largest absolute Gasteiger partial charge is 0.399 e. The molecule has 1 aliphatic heterocycles. The molecule has 1 saturated heterocycles. The van der Waals surface area contributed by atoms with Gasteiger partial charge in [-0.1, -0.05) is 11.6 Å². The van der Waals surface area contributed by atoms with E-state index in [9.17, 15) is 9.90 Å². The summed E-state index contributed by atoms with van der Waals surface area (Å²) in [5, 5.41) is 10.5. The molecule has 0 aromatic heterocycles. The predicted octanol–water partition coefficient (Wildman–Crippen LogP) is 2.30. The highest BCUT2D eigenvalue weighted by molar-refractivity contribution is 6.34. The van der Waals surface area contributed by atoms with Crippen LogP contribution in [0.25, 0.3) is 0 Å². The Hall–Kier alpha value is -1.26. The zero-order valence-electron chi connectivity index (χ0n) is 11.0. The fourth-order valence-corrected chi connectivity index (χ4v) is 2.54. The molecule has 104 valence electrons. The van der Waals surface area contributed by atoms with E-state index in [1.54, 1.807) is 23.1 Å². The number of rotatable bonds is 1. The van der Waals surface area contributed by atoms with Gasteiger partial charge in [-0.25, -0.2) is 0 Å². The van der Waals surface area contributed by atoms with E-state index in [1.165, 1.54) is 0 Å². The van der Waals surface area contributed by atoms with Crippen LogP contribution in [0.3, 0.4) is 0 Å². The minimum atomic E-state index is -0.686. The Morgan fingerprint density at radius 3 is 2.89 bits per heavy atom. The van der Waals surface area contributed by atoms with Crippen LogP contribution in [0.4, 0.5) is 5.69 Å². The number of hydrogen-bond acceptors (Lipinski definition) is 3. The number of anilines is 1. The maximum atomic E-state index is 12.4. The number of amides is 1. The number of halogens is 1. The second-order valence-corrected chi connectivity index (χ2v) is 5.79. The van der Waals surface area contributed by atoms with Crippen molar-refractivity contribution in [3.63, 3.8) is 0 Å². The van der Waals surface area contributed by atoms with Gasteiger partial charge < -0.3 is 15.7 Å². The number of aliphatic hydroxyl groups is 1. The van der Waals surface area contributed by atoms with Crippen molar-refractivity contribution in [1.82, 2.24) is 4.90 Å². The third kappa shape index (κ3) is 3.39. The number of nitrogens with zero attached hydrogens (tertiary/aromatic N) is 1. The predicted molar refractivity (Wildman–Crippen MR) is 76.2 cm³/mol. The lowest BCUT2D eigenvalue weighted by Gasteiger charge is -2.23. The molecule has 1 aromatic rings. The number of nitrogen functional groups attached to an aromatic ring is 1. The number of hydrogen-bond donors (Lipinski definition) is 2. The smallest absolute Gasteiger partial charge is 0.255 e. The van der Waals surface area contributed by atoms with Crippen molar-refractivity contribution >= 4 is 23.2 Å². The van der Waals surface area contributed by atoms with Crippen LogP contribution >= 0.6 is 11.6 Å². The Kier molecular flexibility index (Phi) is 4.02. The Morgan fingerprint density at radius 2 is 2.16 bits per heavy atom. The van der Waals surface area contributed by atoms with E-state index >= 15 is 0 Å². The van der Waals surface area contributed by atoms with Crippen molar-refractivity contribution in [2.45, 2.75) is 31.8 Å². The van der Waals surface area contributed by atoms with Gasteiger partial charge in [-0.15, -0.1) is 0 Å². The molecule has 1 atom stereocenters. The highest BCUT2D eigenvalue weighted by Crippen LogP contribution is 2.25. The number of carbonyl (C=O) groups is 1. The summed E-state index contributed by atoms with van der Waals surface area (Å²) >= 11 is 6.05. The van der Waals surface area contributed by atoms with Gasteiger partial charge in [-0.3, -0.25) is 4.79 Å². The summed E-state index contributed by atoms with van der Waals surface area (Å²) in [5.74, 6) is -0.116. The molecule has 1 aliphatic rings. The molecule has 1 fully saturated rings. The molecule has 1 aromatic carbocycles. The first-order chi connectivity index (χ1) is 8.89. The third-order valence-electron chi connectivity index (χ3n) is 3.57. The summed E-state index contributed by atoms with van der Waals surface area (Å²) in [6, 6.07) is 4.91. The third-order valence-corrected chi connectivity index (χ3v) is 3.90. The topological polar surface area (TPSA) is 66.6 Å². The molecule has 0 radical (unpaired) electrons. The van der Waals surface area contributed by atoms with Crippen LogP contribution in [0.15, 0.2) is 18.2 Å². The van der Waals surface area contributed by atoms with Crippen molar-refractivity contribution < 1.29 is 9.90 Å². The van der Waals surface area contributed by atoms with E-state index in [1.807, 2.05) is 6.92 Å². The molecule has 0 bridgehead atoms. The number of carbonyl (C=O) groups excluding carboxylic acids is 1. The van der Waals surface area contributed by atoms with E-state index in [0.29, 0.717) is 42.2 Å². The normalized spacial score (nSPS) is 24.1. The molecule has 19 heavy (non-hydrogen) atoms. The maximum Gasteiger partial charge on any atom is 0.255 e. The van der Waals surface area contributed by atoms with Gasteiger partial charge in [-0.05, 0) is 44.4 Å². The lowest BCUT2D eigenvalue weighted by atomic mass is 9.98. The minimum Gasteiger partial charge on any atom is -0.399 e. The quantitative estimate of drug-likeness (QED) is 0.777. The zero-order valence-corrected chi connectivity index (χ0v) is 11.8. The first kappa shape index (κ1) is 14.2. The molecule has 1 amide bonds. The van der Waals surface area contributed by atoms with Crippen molar-refractivity contribution in [3.8, 4) is 0 Å². The van der Waals surface area contributed by atoms with Gasteiger partial charge in [0.05, 0.1) is 16.2 Å². The van der Waals surface area contributed by atoms with E-state index in [0.717, 1.165) is 6.42 Å². The van der Waals surface area contributed by atoms with Gasteiger partial charge in [0.25, 0.3) is 5.91 Å². The van der Waals surface area contributed by atoms with Crippen molar-refractivity contribution in [3.05, 3.63) is 28.8 Å². The van der Waals surface area contributed by atoms with Crippen molar-refractivity contribution in [2.24, 2.45) is 0 Å². The first-order valence-electron chi connectivity index (χ1n) is 6.46. The van der Waals surface area contributed by atoms with Crippen LogP contribution < -0.4 is 5.73 Å². The average Bonchev–Trinajstić information content (AvgIpc) is 2.52. The molecule has 4 nitrogen and oxygen atoms in total. The number of nitrogens with two attached hydrogens (primary N) is 1. The lowest BCUT2D eigenvalue weighted by molar-refractivity contribution is 0.0438. The van der Waals surface area contributed by atoms with Gasteiger partial charge in [0, 0.05) is 18.8 Å². The van der Waals surface area contributed by atoms with Crippen LogP contribution in [0.5, 0.6) is 0 Å². The molecular weight excluding hydrogens is 264 g/mol. The fourth-order valence-electron chi connectivity index (χ4n) is 2.34. The summed E-state index contributed by atoms with van der Waals surface area (Å²) < 4.78 is 0. The maximum absolute atomic E-state index is 12.4. The van der Waals surface area contributed by atoms with Crippen LogP contribution in [0, 0.1) is 0 Å². The Labute approximate surface area is 118 Å². The number of likely N-dealkylation sites (tertiary alicyclic amines) is 1. The van der Waals surface area contributed by atoms with Gasteiger partial charge in [0.1, 0.15) is 0 Å². The highest BCUT2D eigenvalue weighted by atomic mass is 35.5. The SMILES string of the molecule is CC1(O)CCCN(C(=O)c2cc(N)ccc2Cl)CC1. The van der Waals surface area contributed by atoms with Crippen LogP contribution in [-0.4, -0.2) is 34.6 Å². The monoisotopic (exact) mass is 282 g/mol. The molecule has 5 heteroatoms. The van der Waals surface area contributed by atoms with Gasteiger partial charge >= 0.3 is 0 Å². The first-order valence-corrected chi connectivity index (χ1v) is 6.83.